The molecule has 0 aliphatic heterocycles. The van der Waals surface area contributed by atoms with Gasteiger partial charge in [-0.2, -0.15) is 5.10 Å². The van der Waals surface area contributed by atoms with E-state index in [-0.39, 0.29) is 5.91 Å². The van der Waals surface area contributed by atoms with Crippen LogP contribution in [0.4, 0.5) is 0 Å². The molecule has 9 heteroatoms. The van der Waals surface area contributed by atoms with Crippen LogP contribution in [0.15, 0.2) is 35.6 Å². The number of thioether (sulfide) groups is 1. The number of rotatable bonds is 8. The first-order valence-electron chi connectivity index (χ1n) is 11.1. The molecule has 8 nitrogen and oxygen atoms in total. The van der Waals surface area contributed by atoms with E-state index >= 15 is 0 Å². The Morgan fingerprint density at radius 3 is 2.81 bits per heavy atom. The van der Waals surface area contributed by atoms with Crippen molar-refractivity contribution < 1.29 is 9.53 Å². The number of carbonyl (C=O) groups excluding carboxylic acids is 1. The summed E-state index contributed by atoms with van der Waals surface area (Å²) in [5, 5.41) is 17.4. The summed E-state index contributed by atoms with van der Waals surface area (Å²) in [6, 6.07) is 8.14. The molecule has 1 aromatic carbocycles. The molecule has 0 unspecified atom stereocenters. The first-order valence-corrected chi connectivity index (χ1v) is 12.1. The lowest BCUT2D eigenvalue weighted by Gasteiger charge is -2.22. The van der Waals surface area contributed by atoms with E-state index in [1.807, 2.05) is 42.1 Å². The molecule has 4 rings (SSSR count). The van der Waals surface area contributed by atoms with Crippen LogP contribution in [0.3, 0.4) is 0 Å². The molecule has 1 amide bonds. The molecule has 0 saturated heterocycles. The van der Waals surface area contributed by atoms with Gasteiger partial charge in [-0.1, -0.05) is 43.2 Å². The maximum absolute atomic E-state index is 12.4. The summed E-state index contributed by atoms with van der Waals surface area (Å²) in [4.78, 5) is 12.4. The standard InChI is InChI=1S/C23H30N6O2S/c1-4-29-22(19-14-28(2)27-21(19)16-9-8-12-18(13-16)31-3)25-26-23(29)32-15-20(30)24-17-10-6-5-7-11-17/h8-9,12-14,17H,4-7,10-11,15H2,1-3H3,(H,24,30). The van der Waals surface area contributed by atoms with Crippen molar-refractivity contribution >= 4 is 17.7 Å². The molecular formula is C23H30N6O2S. The van der Waals surface area contributed by atoms with E-state index in [0.717, 1.165) is 46.4 Å². The minimum absolute atomic E-state index is 0.0625. The zero-order chi connectivity index (χ0) is 22.5. The van der Waals surface area contributed by atoms with Gasteiger partial charge in [0, 0.05) is 31.4 Å². The van der Waals surface area contributed by atoms with Crippen molar-refractivity contribution in [2.24, 2.45) is 7.05 Å². The summed E-state index contributed by atoms with van der Waals surface area (Å²) in [5.74, 6) is 1.92. The van der Waals surface area contributed by atoms with Crippen LogP contribution in [-0.4, -0.2) is 49.4 Å². The molecule has 2 heterocycles. The van der Waals surface area contributed by atoms with Crippen LogP contribution in [0.1, 0.15) is 39.0 Å². The van der Waals surface area contributed by atoms with Crippen molar-refractivity contribution in [1.82, 2.24) is 29.9 Å². The number of methoxy groups -OCH3 is 1. The highest BCUT2D eigenvalue weighted by Crippen LogP contribution is 2.33. The topological polar surface area (TPSA) is 86.9 Å². The van der Waals surface area contributed by atoms with Gasteiger partial charge >= 0.3 is 0 Å². The Morgan fingerprint density at radius 1 is 1.25 bits per heavy atom. The Morgan fingerprint density at radius 2 is 2.06 bits per heavy atom. The van der Waals surface area contributed by atoms with Crippen molar-refractivity contribution in [3.05, 3.63) is 30.5 Å². The third-order valence-electron chi connectivity index (χ3n) is 5.75. The molecule has 1 fully saturated rings. The highest BCUT2D eigenvalue weighted by molar-refractivity contribution is 7.99. The number of nitrogens with one attached hydrogen (secondary N) is 1. The fraction of sp³-hybridized carbons (Fsp3) is 0.478. The van der Waals surface area contributed by atoms with Crippen LogP contribution in [0, 0.1) is 0 Å². The highest BCUT2D eigenvalue weighted by atomic mass is 32.2. The molecule has 0 radical (unpaired) electrons. The van der Waals surface area contributed by atoms with E-state index in [1.165, 1.54) is 31.0 Å². The predicted molar refractivity (Wildman–Crippen MR) is 126 cm³/mol. The molecule has 0 bridgehead atoms. The van der Waals surface area contributed by atoms with Gasteiger partial charge in [-0.15, -0.1) is 10.2 Å². The zero-order valence-corrected chi connectivity index (χ0v) is 19.7. The SMILES string of the molecule is CCn1c(SCC(=O)NC2CCCCC2)nnc1-c1cn(C)nc1-c1cccc(OC)c1. The molecular weight excluding hydrogens is 424 g/mol. The number of benzene rings is 1. The van der Waals surface area contributed by atoms with E-state index in [9.17, 15) is 4.79 Å². The Hall–Kier alpha value is -2.81. The highest BCUT2D eigenvalue weighted by Gasteiger charge is 2.21. The van der Waals surface area contributed by atoms with Gasteiger partial charge in [0.15, 0.2) is 11.0 Å². The number of aryl methyl sites for hydroxylation is 1. The molecule has 3 aromatic rings. The first kappa shape index (κ1) is 22.4. The van der Waals surface area contributed by atoms with Crippen LogP contribution in [0.2, 0.25) is 0 Å². The second-order valence-corrected chi connectivity index (χ2v) is 8.98. The van der Waals surface area contributed by atoms with Gasteiger partial charge in [-0.05, 0) is 31.9 Å². The minimum Gasteiger partial charge on any atom is -0.497 e. The van der Waals surface area contributed by atoms with Gasteiger partial charge in [0.2, 0.25) is 5.91 Å². The average molecular weight is 455 g/mol. The number of nitrogens with zero attached hydrogens (tertiary/aromatic N) is 5. The number of amides is 1. The molecule has 170 valence electrons. The molecule has 0 spiro atoms. The normalized spacial score (nSPS) is 14.5. The van der Waals surface area contributed by atoms with Crippen molar-refractivity contribution in [1.29, 1.82) is 0 Å². The van der Waals surface area contributed by atoms with Gasteiger partial charge in [-0.25, -0.2) is 0 Å². The van der Waals surface area contributed by atoms with Gasteiger partial charge in [0.05, 0.1) is 18.4 Å². The van der Waals surface area contributed by atoms with Crippen LogP contribution in [0.5, 0.6) is 5.75 Å². The maximum atomic E-state index is 12.4. The van der Waals surface area contributed by atoms with E-state index in [0.29, 0.717) is 18.3 Å². The number of aromatic nitrogens is 5. The summed E-state index contributed by atoms with van der Waals surface area (Å²) in [5.41, 5.74) is 2.67. The zero-order valence-electron chi connectivity index (χ0n) is 18.9. The lowest BCUT2D eigenvalue weighted by molar-refractivity contribution is -0.119. The fourth-order valence-electron chi connectivity index (χ4n) is 4.16. The molecule has 2 aromatic heterocycles. The number of hydrogen-bond acceptors (Lipinski definition) is 6. The molecule has 1 saturated carbocycles. The van der Waals surface area contributed by atoms with Gasteiger partial charge in [0.25, 0.3) is 0 Å². The summed E-state index contributed by atoms with van der Waals surface area (Å²) in [6.07, 6.45) is 7.79. The van der Waals surface area contributed by atoms with E-state index < -0.39 is 0 Å². The van der Waals surface area contributed by atoms with Gasteiger partial charge in [0.1, 0.15) is 11.4 Å². The lowest BCUT2D eigenvalue weighted by atomic mass is 9.95. The van der Waals surface area contributed by atoms with Crippen molar-refractivity contribution in [3.8, 4) is 28.4 Å². The van der Waals surface area contributed by atoms with E-state index in [2.05, 4.69) is 27.5 Å². The van der Waals surface area contributed by atoms with E-state index in [1.54, 1.807) is 11.8 Å². The van der Waals surface area contributed by atoms with Crippen LogP contribution >= 0.6 is 11.8 Å². The Balaban J connectivity index is 1.54. The fourth-order valence-corrected chi connectivity index (χ4v) is 4.98. The van der Waals surface area contributed by atoms with Crippen LogP contribution < -0.4 is 10.1 Å². The second kappa shape index (κ2) is 10.2. The lowest BCUT2D eigenvalue weighted by Crippen LogP contribution is -2.37. The smallest absolute Gasteiger partial charge is 0.230 e. The quantitative estimate of drug-likeness (QED) is 0.519. The summed E-state index contributed by atoms with van der Waals surface area (Å²) < 4.78 is 9.20. The Labute approximate surface area is 192 Å². The molecule has 0 atom stereocenters. The van der Waals surface area contributed by atoms with Crippen molar-refractivity contribution in [2.75, 3.05) is 12.9 Å². The number of hydrogen-bond donors (Lipinski definition) is 1. The van der Waals surface area contributed by atoms with Crippen LogP contribution in [0.25, 0.3) is 22.6 Å². The summed E-state index contributed by atoms with van der Waals surface area (Å²) in [7, 11) is 3.55. The summed E-state index contributed by atoms with van der Waals surface area (Å²) >= 11 is 1.43. The second-order valence-electron chi connectivity index (χ2n) is 8.04. The first-order chi connectivity index (χ1) is 15.6. The molecule has 32 heavy (non-hydrogen) atoms. The third-order valence-corrected chi connectivity index (χ3v) is 6.72. The van der Waals surface area contributed by atoms with Crippen LogP contribution in [-0.2, 0) is 18.4 Å². The minimum atomic E-state index is 0.0625. The largest absolute Gasteiger partial charge is 0.497 e. The Bertz CT molecular complexity index is 1070. The predicted octanol–water partition coefficient (Wildman–Crippen LogP) is 3.92. The van der Waals surface area contributed by atoms with Gasteiger partial charge < -0.3 is 14.6 Å². The average Bonchev–Trinajstić information content (AvgIpc) is 3.41. The Kier molecular flexibility index (Phi) is 7.14. The monoisotopic (exact) mass is 454 g/mol. The molecule has 1 aliphatic carbocycles. The third kappa shape index (κ3) is 4.98. The van der Waals surface area contributed by atoms with Gasteiger partial charge in [-0.3, -0.25) is 9.48 Å². The summed E-state index contributed by atoms with van der Waals surface area (Å²) in [6.45, 7) is 2.75. The maximum Gasteiger partial charge on any atom is 0.230 e. The molecule has 1 aliphatic rings. The number of ether oxygens (including phenoxy) is 1. The van der Waals surface area contributed by atoms with Crippen molar-refractivity contribution in [2.45, 2.75) is 56.8 Å². The molecule has 1 N–H and O–H groups in total. The number of carbonyl (C=O) groups is 1. The van der Waals surface area contributed by atoms with E-state index in [4.69, 9.17) is 4.74 Å². The van der Waals surface area contributed by atoms with Crippen molar-refractivity contribution in [3.63, 3.8) is 0 Å².